The summed E-state index contributed by atoms with van der Waals surface area (Å²) in [6.45, 7) is 12.4. The van der Waals surface area contributed by atoms with Crippen molar-refractivity contribution in [1.82, 2.24) is 29.2 Å². The molecule has 0 saturated carbocycles. The van der Waals surface area contributed by atoms with Gasteiger partial charge in [-0.3, -0.25) is 14.7 Å². The molecule has 6 heterocycles. The number of nitrogens with zero attached hydrogens (tertiary/aromatic N) is 9. The molecule has 19 heteroatoms. The van der Waals surface area contributed by atoms with Gasteiger partial charge in [-0.05, 0) is 111 Å². The fourth-order valence-electron chi connectivity index (χ4n) is 8.45. The van der Waals surface area contributed by atoms with Crippen LogP contribution in [-0.4, -0.2) is 137 Å². The first-order valence-corrected chi connectivity index (χ1v) is 24.6. The normalized spacial score (nSPS) is 17.0. The van der Waals surface area contributed by atoms with Crippen molar-refractivity contribution in [1.29, 1.82) is 0 Å². The number of hydrogen-bond donors (Lipinski definition) is 1. The number of amides is 2. The summed E-state index contributed by atoms with van der Waals surface area (Å²) in [6, 6.07) is 21.9. The average Bonchev–Trinajstić information content (AvgIpc) is 4.09. The summed E-state index contributed by atoms with van der Waals surface area (Å²) < 4.78 is 50.3. The lowest BCUT2D eigenvalue weighted by atomic mass is 10.2. The van der Waals surface area contributed by atoms with Crippen LogP contribution in [0.3, 0.4) is 0 Å². The van der Waals surface area contributed by atoms with Crippen LogP contribution in [0.25, 0.3) is 21.8 Å². The van der Waals surface area contributed by atoms with Crippen molar-refractivity contribution < 1.29 is 26.4 Å². The third kappa shape index (κ3) is 9.41. The van der Waals surface area contributed by atoms with E-state index in [1.54, 1.807) is 40.3 Å². The van der Waals surface area contributed by atoms with Crippen LogP contribution in [0.2, 0.25) is 0 Å². The van der Waals surface area contributed by atoms with Crippen molar-refractivity contribution in [3.63, 3.8) is 0 Å². The van der Waals surface area contributed by atoms with E-state index in [9.17, 15) is 26.4 Å². The SMILES string of the molecule is CC(=O)N1CCc2cc(S(=O)(=O)Cl)ccc21.CC(=O)N1CCc2cc(S(=O)(=O)n3ncc4ccc(N5CCN(C)CC5)cc43)ccc21.CN1CCN(c2ccc3cn[nH]c3c2)CC1. The summed E-state index contributed by atoms with van der Waals surface area (Å²) in [5, 5.41) is 13.2. The highest BCUT2D eigenvalue weighted by Crippen LogP contribution is 2.33. The van der Waals surface area contributed by atoms with Gasteiger partial charge in [0.15, 0.2) is 0 Å². The zero-order valence-corrected chi connectivity index (χ0v) is 38.1. The summed E-state index contributed by atoms with van der Waals surface area (Å²) in [7, 11) is 1.98. The van der Waals surface area contributed by atoms with Gasteiger partial charge in [-0.15, -0.1) is 0 Å². The van der Waals surface area contributed by atoms with Crippen molar-refractivity contribution in [2.75, 3.05) is 99.1 Å². The molecule has 1 N–H and O–H groups in total. The number of H-pyrrole nitrogens is 1. The van der Waals surface area contributed by atoms with Crippen molar-refractivity contribution in [3.8, 4) is 0 Å². The van der Waals surface area contributed by atoms with Gasteiger partial charge in [-0.25, -0.2) is 8.42 Å². The van der Waals surface area contributed by atoms with Crippen molar-refractivity contribution in [2.24, 2.45) is 0 Å². The third-order valence-corrected chi connectivity index (χ3v) is 15.1. The number of carbonyl (C=O) groups is 2. The topological polar surface area (TPSA) is 168 Å². The predicted octanol–water partition coefficient (Wildman–Crippen LogP) is 4.77. The minimum atomic E-state index is -3.86. The van der Waals surface area contributed by atoms with Crippen LogP contribution in [0.1, 0.15) is 25.0 Å². The van der Waals surface area contributed by atoms with E-state index >= 15 is 0 Å². The Morgan fingerprint density at radius 2 is 1.11 bits per heavy atom. The number of carbonyl (C=O) groups excluding carboxylic acids is 2. The van der Waals surface area contributed by atoms with Gasteiger partial charge in [0.25, 0.3) is 19.1 Å². The lowest BCUT2D eigenvalue weighted by Gasteiger charge is -2.34. The van der Waals surface area contributed by atoms with E-state index in [4.69, 9.17) is 10.7 Å². The van der Waals surface area contributed by atoms with E-state index in [0.29, 0.717) is 31.4 Å². The van der Waals surface area contributed by atoms with Crippen LogP contribution >= 0.6 is 10.7 Å². The number of benzene rings is 4. The number of rotatable bonds is 5. The Hall–Kier alpha value is -5.53. The van der Waals surface area contributed by atoms with Crippen LogP contribution in [-0.2, 0) is 41.5 Å². The molecule has 0 aliphatic carbocycles. The molecular formula is C44H51ClN10O6S2. The highest BCUT2D eigenvalue weighted by molar-refractivity contribution is 8.13. The highest BCUT2D eigenvalue weighted by Gasteiger charge is 2.28. The largest absolute Gasteiger partial charge is 0.369 e. The molecule has 0 bridgehead atoms. The molecule has 0 radical (unpaired) electrons. The first kappa shape index (κ1) is 44.1. The van der Waals surface area contributed by atoms with Crippen LogP contribution in [0.4, 0.5) is 22.7 Å². The van der Waals surface area contributed by atoms with Crippen LogP contribution in [0, 0.1) is 0 Å². The molecule has 0 spiro atoms. The van der Waals surface area contributed by atoms with Gasteiger partial charge in [-0.1, -0.05) is 0 Å². The molecule has 4 aliphatic heterocycles. The Bertz CT molecular complexity index is 2900. The second-order valence-electron chi connectivity index (χ2n) is 16.3. The zero-order chi connectivity index (χ0) is 44.6. The predicted molar refractivity (Wildman–Crippen MR) is 247 cm³/mol. The van der Waals surface area contributed by atoms with Gasteiger partial charge in [0.05, 0.1) is 33.2 Å². The number of nitrogens with one attached hydrogen (secondary N) is 1. The number of anilines is 4. The van der Waals surface area contributed by atoms with Crippen LogP contribution < -0.4 is 19.6 Å². The summed E-state index contributed by atoms with van der Waals surface area (Å²) in [4.78, 5) is 36.0. The minimum Gasteiger partial charge on any atom is -0.369 e. The number of halogens is 1. The molecule has 2 saturated heterocycles. The average molecular weight is 916 g/mol. The van der Waals surface area contributed by atoms with E-state index < -0.39 is 19.1 Å². The molecule has 332 valence electrons. The summed E-state index contributed by atoms with van der Waals surface area (Å²) in [5.41, 5.74) is 7.26. The highest BCUT2D eigenvalue weighted by atomic mass is 35.7. The molecule has 0 unspecified atom stereocenters. The summed E-state index contributed by atoms with van der Waals surface area (Å²) in [5.74, 6) is -0.0795. The van der Waals surface area contributed by atoms with Gasteiger partial charge in [0.1, 0.15) is 0 Å². The van der Waals surface area contributed by atoms with Gasteiger partial charge in [0, 0.05) is 123 Å². The Morgan fingerprint density at radius 1 is 0.603 bits per heavy atom. The van der Waals surface area contributed by atoms with Crippen LogP contribution in [0.15, 0.2) is 95.0 Å². The first-order valence-electron chi connectivity index (χ1n) is 20.9. The quantitative estimate of drug-likeness (QED) is 0.236. The Kier molecular flexibility index (Phi) is 12.5. The molecule has 4 aliphatic rings. The smallest absolute Gasteiger partial charge is 0.283 e. The van der Waals surface area contributed by atoms with Crippen molar-refractivity contribution >= 4 is 86.1 Å². The third-order valence-electron chi connectivity index (χ3n) is 12.1. The Balaban J connectivity index is 0.000000143. The van der Waals surface area contributed by atoms with Crippen molar-refractivity contribution in [2.45, 2.75) is 36.5 Å². The number of fused-ring (bicyclic) bond motifs is 4. The number of hydrogen-bond acceptors (Lipinski definition) is 12. The summed E-state index contributed by atoms with van der Waals surface area (Å²) >= 11 is 0. The molecule has 6 aromatic rings. The number of piperazine rings is 2. The second-order valence-corrected chi connectivity index (χ2v) is 20.7. The maximum atomic E-state index is 13.5. The molecule has 2 aromatic heterocycles. The van der Waals surface area contributed by atoms with Gasteiger partial charge >= 0.3 is 0 Å². The Labute approximate surface area is 372 Å². The van der Waals surface area contributed by atoms with Gasteiger partial charge in [-0.2, -0.15) is 22.7 Å². The lowest BCUT2D eigenvalue weighted by molar-refractivity contribution is -0.117. The molecule has 0 atom stereocenters. The maximum absolute atomic E-state index is 13.5. The zero-order valence-electron chi connectivity index (χ0n) is 35.7. The number of likely N-dealkylation sites (N-methyl/N-ethyl adjacent to an activating group) is 2. The molecule has 2 fully saturated rings. The van der Waals surface area contributed by atoms with E-state index in [1.165, 1.54) is 37.1 Å². The fraction of sp³-hybridized carbons (Fsp3) is 0.364. The van der Waals surface area contributed by atoms with Gasteiger partial charge < -0.3 is 29.4 Å². The molecule has 4 aromatic carbocycles. The monoisotopic (exact) mass is 914 g/mol. The van der Waals surface area contributed by atoms with Crippen LogP contribution in [0.5, 0.6) is 0 Å². The number of aromatic nitrogens is 4. The van der Waals surface area contributed by atoms with E-state index in [2.05, 4.69) is 67.2 Å². The molecule has 16 nitrogen and oxygen atoms in total. The first-order chi connectivity index (χ1) is 30.1. The molecular weight excluding hydrogens is 864 g/mol. The molecule has 63 heavy (non-hydrogen) atoms. The van der Waals surface area contributed by atoms with Gasteiger partial charge in [0.2, 0.25) is 11.8 Å². The number of aromatic amines is 1. The lowest BCUT2D eigenvalue weighted by Crippen LogP contribution is -2.44. The maximum Gasteiger partial charge on any atom is 0.283 e. The summed E-state index contributed by atoms with van der Waals surface area (Å²) in [6.07, 6.45) is 4.76. The molecule has 2 amide bonds. The molecule has 10 rings (SSSR count). The fourth-order valence-corrected chi connectivity index (χ4v) is 10.6. The Morgan fingerprint density at radius 3 is 1.65 bits per heavy atom. The minimum absolute atomic E-state index is 0.0381. The van der Waals surface area contributed by atoms with E-state index in [1.807, 2.05) is 24.4 Å². The second kappa shape index (κ2) is 17.9. The van der Waals surface area contributed by atoms with Crippen molar-refractivity contribution in [3.05, 3.63) is 96.3 Å². The standard InChI is InChI=1S/C22H25N5O3S.C12H16N4.C10H10ClNO3S/c1-16(28)26-8-7-17-13-20(5-6-21(17)26)31(29,30)27-22-14-19(4-3-18(22)15-23-27)25-11-9-24(2)10-12-25;1-15-4-6-16(7-5-15)11-3-2-10-9-13-14-12(10)8-11;1-7(13)12-5-4-8-6-9(16(11,14)15)2-3-10(8)12/h3-6,13-15H,7-12H2,1-2H3;2-3,8-9H,4-7H2,1H3,(H,13,14);2-3,6H,4-5H2,1H3. The van der Waals surface area contributed by atoms with E-state index in [-0.39, 0.29) is 21.6 Å². The van der Waals surface area contributed by atoms with E-state index in [0.717, 1.165) is 95.5 Å².